The van der Waals surface area contributed by atoms with Crippen LogP contribution in [-0.2, 0) is 4.74 Å². The maximum absolute atomic E-state index is 12.0. The lowest BCUT2D eigenvalue weighted by Gasteiger charge is -1.98. The van der Waals surface area contributed by atoms with E-state index in [-0.39, 0.29) is 5.69 Å². The summed E-state index contributed by atoms with van der Waals surface area (Å²) in [6.07, 6.45) is 0. The topological polar surface area (TPSA) is 65.2 Å². The number of benzene rings is 1. The van der Waals surface area contributed by atoms with E-state index in [9.17, 15) is 4.79 Å². The molecule has 126 valence electrons. The largest absolute Gasteiger partial charge is 0.461 e. The maximum atomic E-state index is 12.0. The van der Waals surface area contributed by atoms with Gasteiger partial charge >= 0.3 is 5.97 Å². The van der Waals surface area contributed by atoms with Crippen molar-refractivity contribution >= 4 is 17.3 Å². The fraction of sp³-hybridized carbons (Fsp3) is 0.211. The number of thiazole rings is 1. The SMILES string of the molecule is CCOC(=O)c1nc(C)sc1C#Cc1c(-c2ccccc2)noc1C. The molecule has 0 aliphatic heterocycles. The quantitative estimate of drug-likeness (QED) is 0.527. The Morgan fingerprint density at radius 2 is 2.00 bits per heavy atom. The highest BCUT2D eigenvalue weighted by Crippen LogP contribution is 2.25. The zero-order valence-corrected chi connectivity index (χ0v) is 14.9. The Bertz CT molecular complexity index is 962. The highest BCUT2D eigenvalue weighted by molar-refractivity contribution is 7.12. The molecular formula is C19H16N2O3S. The molecule has 0 atom stereocenters. The fourth-order valence-electron chi connectivity index (χ4n) is 2.28. The molecule has 0 unspecified atom stereocenters. The molecule has 0 N–H and O–H groups in total. The Kier molecular flexibility index (Phi) is 4.96. The molecule has 2 aromatic heterocycles. The van der Waals surface area contributed by atoms with E-state index in [4.69, 9.17) is 9.26 Å². The van der Waals surface area contributed by atoms with Gasteiger partial charge in [0.05, 0.1) is 17.2 Å². The standard InChI is InChI=1S/C19H16N2O3S/c1-4-23-19(22)18-16(25-13(3)20-18)11-10-15-12(2)24-21-17(15)14-8-6-5-7-9-14/h5-9H,4H2,1-3H3. The van der Waals surface area contributed by atoms with Gasteiger partial charge in [0.15, 0.2) is 5.69 Å². The molecule has 6 heteroatoms. The van der Waals surface area contributed by atoms with Crippen LogP contribution in [0.5, 0.6) is 0 Å². The highest BCUT2D eigenvalue weighted by Gasteiger charge is 2.17. The van der Waals surface area contributed by atoms with Crippen LogP contribution in [0.3, 0.4) is 0 Å². The van der Waals surface area contributed by atoms with Gasteiger partial charge < -0.3 is 9.26 Å². The minimum atomic E-state index is -0.457. The molecular weight excluding hydrogens is 336 g/mol. The van der Waals surface area contributed by atoms with Crippen LogP contribution in [0, 0.1) is 25.7 Å². The van der Waals surface area contributed by atoms with E-state index in [0.717, 1.165) is 10.6 Å². The molecule has 3 rings (SSSR count). The summed E-state index contributed by atoms with van der Waals surface area (Å²) in [6, 6.07) is 9.70. The summed E-state index contributed by atoms with van der Waals surface area (Å²) in [5.74, 6) is 6.29. The van der Waals surface area contributed by atoms with Crippen molar-refractivity contribution in [1.29, 1.82) is 0 Å². The molecule has 0 aliphatic carbocycles. The molecule has 0 fully saturated rings. The van der Waals surface area contributed by atoms with Crippen molar-refractivity contribution in [3.63, 3.8) is 0 Å². The normalized spacial score (nSPS) is 10.2. The third-order valence-corrected chi connectivity index (χ3v) is 4.30. The van der Waals surface area contributed by atoms with Gasteiger partial charge in [0.25, 0.3) is 0 Å². The minimum Gasteiger partial charge on any atom is -0.461 e. The number of carbonyl (C=O) groups is 1. The van der Waals surface area contributed by atoms with Gasteiger partial charge in [0.2, 0.25) is 0 Å². The molecule has 0 spiro atoms. The van der Waals surface area contributed by atoms with Gasteiger partial charge in [-0.3, -0.25) is 0 Å². The lowest BCUT2D eigenvalue weighted by molar-refractivity contribution is 0.0520. The van der Waals surface area contributed by atoms with Gasteiger partial charge in [0.1, 0.15) is 16.3 Å². The number of nitrogens with zero attached hydrogens (tertiary/aromatic N) is 2. The van der Waals surface area contributed by atoms with E-state index in [0.29, 0.717) is 28.5 Å². The molecule has 0 saturated heterocycles. The Hall–Kier alpha value is -2.91. The van der Waals surface area contributed by atoms with E-state index in [1.54, 1.807) is 6.92 Å². The number of aromatic nitrogens is 2. The third kappa shape index (κ3) is 3.62. The van der Waals surface area contributed by atoms with Crippen LogP contribution < -0.4 is 0 Å². The number of hydrogen-bond donors (Lipinski definition) is 0. The Balaban J connectivity index is 2.01. The molecule has 0 saturated carbocycles. The van der Waals surface area contributed by atoms with Crippen LogP contribution in [0.1, 0.15) is 38.6 Å². The Labute approximate surface area is 149 Å². The van der Waals surface area contributed by atoms with Crippen molar-refractivity contribution in [3.05, 3.63) is 57.2 Å². The van der Waals surface area contributed by atoms with Crippen molar-refractivity contribution in [2.75, 3.05) is 6.61 Å². The molecule has 3 aromatic rings. The average Bonchev–Trinajstić information content (AvgIpc) is 3.16. The molecule has 5 nitrogen and oxygen atoms in total. The summed E-state index contributed by atoms with van der Waals surface area (Å²) in [5.41, 5.74) is 2.57. The predicted molar refractivity (Wildman–Crippen MR) is 95.5 cm³/mol. The molecule has 0 aliphatic rings. The van der Waals surface area contributed by atoms with Crippen LogP contribution in [0.25, 0.3) is 11.3 Å². The second-order valence-electron chi connectivity index (χ2n) is 5.21. The number of carbonyl (C=O) groups excluding carboxylic acids is 1. The molecule has 0 amide bonds. The van der Waals surface area contributed by atoms with Gasteiger partial charge in [-0.25, -0.2) is 9.78 Å². The summed E-state index contributed by atoms with van der Waals surface area (Å²) >= 11 is 1.36. The van der Waals surface area contributed by atoms with Gasteiger partial charge in [0, 0.05) is 5.56 Å². The maximum Gasteiger partial charge on any atom is 0.359 e. The second-order valence-corrected chi connectivity index (χ2v) is 6.41. The average molecular weight is 352 g/mol. The van der Waals surface area contributed by atoms with Gasteiger partial charge in [-0.1, -0.05) is 41.4 Å². The highest BCUT2D eigenvalue weighted by atomic mass is 32.1. The van der Waals surface area contributed by atoms with Gasteiger partial charge in [-0.15, -0.1) is 11.3 Å². The molecule has 0 radical (unpaired) electrons. The first-order valence-electron chi connectivity index (χ1n) is 7.78. The van der Waals surface area contributed by atoms with Crippen molar-refractivity contribution in [1.82, 2.24) is 10.1 Å². The predicted octanol–water partition coefficient (Wildman–Crippen LogP) is 3.99. The lowest BCUT2D eigenvalue weighted by Crippen LogP contribution is -2.06. The Morgan fingerprint density at radius 1 is 1.24 bits per heavy atom. The first-order valence-corrected chi connectivity index (χ1v) is 8.60. The second kappa shape index (κ2) is 7.32. The van der Waals surface area contributed by atoms with Gasteiger partial charge in [-0.2, -0.15) is 0 Å². The first kappa shape index (κ1) is 16.9. The van der Waals surface area contributed by atoms with Crippen LogP contribution in [0.2, 0.25) is 0 Å². The zero-order chi connectivity index (χ0) is 17.8. The van der Waals surface area contributed by atoms with Crippen LogP contribution >= 0.6 is 11.3 Å². The van der Waals surface area contributed by atoms with Crippen molar-refractivity contribution in [3.8, 4) is 23.1 Å². The van der Waals surface area contributed by atoms with E-state index in [1.807, 2.05) is 44.2 Å². The van der Waals surface area contributed by atoms with Crippen LogP contribution in [0.15, 0.2) is 34.9 Å². The monoisotopic (exact) mass is 352 g/mol. The van der Waals surface area contributed by atoms with E-state index in [1.165, 1.54) is 11.3 Å². The van der Waals surface area contributed by atoms with Crippen LogP contribution in [0.4, 0.5) is 0 Å². The fourth-order valence-corrected chi connectivity index (χ4v) is 3.04. The smallest absolute Gasteiger partial charge is 0.359 e. The third-order valence-electron chi connectivity index (χ3n) is 3.41. The van der Waals surface area contributed by atoms with E-state index >= 15 is 0 Å². The number of aryl methyl sites for hydroxylation is 2. The molecule has 1 aromatic carbocycles. The van der Waals surface area contributed by atoms with E-state index in [2.05, 4.69) is 22.0 Å². The van der Waals surface area contributed by atoms with Crippen LogP contribution in [-0.4, -0.2) is 22.7 Å². The van der Waals surface area contributed by atoms with Crippen molar-refractivity contribution < 1.29 is 14.1 Å². The molecule has 0 bridgehead atoms. The molecule has 2 heterocycles. The Morgan fingerprint density at radius 3 is 2.72 bits per heavy atom. The lowest BCUT2D eigenvalue weighted by atomic mass is 10.1. The van der Waals surface area contributed by atoms with E-state index < -0.39 is 5.97 Å². The number of ether oxygens (including phenoxy) is 1. The van der Waals surface area contributed by atoms with Gasteiger partial charge in [-0.05, 0) is 26.7 Å². The van der Waals surface area contributed by atoms with Crippen molar-refractivity contribution in [2.24, 2.45) is 0 Å². The number of rotatable bonds is 3. The first-order chi connectivity index (χ1) is 12.1. The number of hydrogen-bond acceptors (Lipinski definition) is 6. The number of esters is 1. The minimum absolute atomic E-state index is 0.257. The summed E-state index contributed by atoms with van der Waals surface area (Å²) in [5, 5.41) is 4.87. The molecule has 25 heavy (non-hydrogen) atoms. The van der Waals surface area contributed by atoms with Crippen molar-refractivity contribution in [2.45, 2.75) is 20.8 Å². The summed E-state index contributed by atoms with van der Waals surface area (Å²) in [6.45, 7) is 5.70. The summed E-state index contributed by atoms with van der Waals surface area (Å²) in [7, 11) is 0. The summed E-state index contributed by atoms with van der Waals surface area (Å²) in [4.78, 5) is 16.8. The summed E-state index contributed by atoms with van der Waals surface area (Å²) < 4.78 is 10.3. The zero-order valence-electron chi connectivity index (χ0n) is 14.1.